The Hall–Kier alpha value is -1.89. The molecule has 1 unspecified atom stereocenters. The number of likely N-dealkylation sites (tertiary alicyclic amines) is 1. The van der Waals surface area contributed by atoms with Crippen LogP contribution < -0.4 is 0 Å². The van der Waals surface area contributed by atoms with Crippen molar-refractivity contribution in [3.05, 3.63) is 17.5 Å². The Morgan fingerprint density at radius 2 is 1.88 bits per heavy atom. The lowest BCUT2D eigenvalue weighted by molar-refractivity contribution is -0.136. The van der Waals surface area contributed by atoms with Crippen LogP contribution in [0, 0.1) is 0 Å². The van der Waals surface area contributed by atoms with E-state index < -0.39 is 0 Å². The first kappa shape index (κ1) is 15.6. The van der Waals surface area contributed by atoms with Gasteiger partial charge in [-0.3, -0.25) is 14.7 Å². The summed E-state index contributed by atoms with van der Waals surface area (Å²) in [5.74, 6) is 0.537. The van der Waals surface area contributed by atoms with Crippen molar-refractivity contribution in [3.63, 3.8) is 0 Å². The lowest BCUT2D eigenvalue weighted by Crippen LogP contribution is -2.53. The van der Waals surface area contributed by atoms with Crippen LogP contribution in [0.3, 0.4) is 0 Å². The van der Waals surface area contributed by atoms with Crippen LogP contribution in [-0.4, -0.2) is 82.5 Å². The number of aromatic amines is 1. The average molecular weight is 331 g/mol. The SMILES string of the molecule is CN1CCN(C(=O)C2CCCN2C(=O)c2cc(C3CC3)[nH]n2)CC1. The van der Waals surface area contributed by atoms with E-state index in [0.717, 1.165) is 44.7 Å². The molecule has 24 heavy (non-hydrogen) atoms. The molecule has 7 nitrogen and oxygen atoms in total. The molecule has 3 fully saturated rings. The number of amides is 2. The smallest absolute Gasteiger partial charge is 0.275 e. The summed E-state index contributed by atoms with van der Waals surface area (Å²) in [4.78, 5) is 31.5. The first-order valence-electron chi connectivity index (χ1n) is 8.97. The summed E-state index contributed by atoms with van der Waals surface area (Å²) in [5.41, 5.74) is 1.51. The summed E-state index contributed by atoms with van der Waals surface area (Å²) < 4.78 is 0. The number of aromatic nitrogens is 2. The van der Waals surface area contributed by atoms with Gasteiger partial charge in [-0.25, -0.2) is 0 Å². The third-order valence-electron chi connectivity index (χ3n) is 5.45. The van der Waals surface area contributed by atoms with E-state index in [2.05, 4.69) is 22.1 Å². The van der Waals surface area contributed by atoms with Gasteiger partial charge in [-0.1, -0.05) is 0 Å². The molecule has 1 aromatic rings. The highest BCUT2D eigenvalue weighted by Crippen LogP contribution is 2.39. The second kappa shape index (κ2) is 6.20. The van der Waals surface area contributed by atoms with Gasteiger partial charge in [0, 0.05) is 44.3 Å². The summed E-state index contributed by atoms with van der Waals surface area (Å²) in [6.45, 7) is 3.95. The zero-order valence-corrected chi connectivity index (χ0v) is 14.2. The maximum Gasteiger partial charge on any atom is 0.275 e. The Kier molecular flexibility index (Phi) is 4.04. The molecule has 2 aliphatic heterocycles. The molecule has 0 spiro atoms. The van der Waals surface area contributed by atoms with Crippen molar-refractivity contribution in [3.8, 4) is 0 Å². The maximum absolute atomic E-state index is 12.9. The monoisotopic (exact) mass is 331 g/mol. The van der Waals surface area contributed by atoms with E-state index in [9.17, 15) is 9.59 Å². The van der Waals surface area contributed by atoms with Gasteiger partial charge < -0.3 is 14.7 Å². The van der Waals surface area contributed by atoms with Crippen LogP contribution in [0.2, 0.25) is 0 Å². The Morgan fingerprint density at radius 3 is 2.58 bits per heavy atom. The third kappa shape index (κ3) is 2.92. The molecule has 0 aromatic carbocycles. The Morgan fingerprint density at radius 1 is 1.12 bits per heavy atom. The summed E-state index contributed by atoms with van der Waals surface area (Å²) in [7, 11) is 2.07. The fraction of sp³-hybridized carbons (Fsp3) is 0.706. The van der Waals surface area contributed by atoms with Gasteiger partial charge in [0.25, 0.3) is 5.91 Å². The van der Waals surface area contributed by atoms with E-state index in [0.29, 0.717) is 18.2 Å². The van der Waals surface area contributed by atoms with E-state index in [1.54, 1.807) is 4.90 Å². The normalized spacial score (nSPS) is 25.3. The quantitative estimate of drug-likeness (QED) is 0.883. The molecule has 1 saturated carbocycles. The van der Waals surface area contributed by atoms with Gasteiger partial charge in [0.2, 0.25) is 5.91 Å². The van der Waals surface area contributed by atoms with Crippen LogP contribution in [0.4, 0.5) is 0 Å². The lowest BCUT2D eigenvalue weighted by atomic mass is 10.1. The van der Waals surface area contributed by atoms with Gasteiger partial charge in [-0.15, -0.1) is 0 Å². The van der Waals surface area contributed by atoms with Crippen molar-refractivity contribution in [2.45, 2.75) is 37.6 Å². The number of hydrogen-bond donors (Lipinski definition) is 1. The average Bonchev–Trinajstić information content (AvgIpc) is 3.13. The summed E-state index contributed by atoms with van der Waals surface area (Å²) in [6, 6.07) is 1.55. The molecular formula is C17H25N5O2. The minimum atomic E-state index is -0.318. The molecule has 0 radical (unpaired) electrons. The second-order valence-electron chi connectivity index (χ2n) is 7.27. The maximum atomic E-state index is 12.9. The molecular weight excluding hydrogens is 306 g/mol. The van der Waals surface area contributed by atoms with Gasteiger partial charge in [0.1, 0.15) is 11.7 Å². The molecule has 2 saturated heterocycles. The predicted molar refractivity (Wildman–Crippen MR) is 88.7 cm³/mol. The molecule has 0 bridgehead atoms. The van der Waals surface area contributed by atoms with E-state index in [1.807, 2.05) is 11.0 Å². The van der Waals surface area contributed by atoms with E-state index in [-0.39, 0.29) is 17.9 Å². The highest BCUT2D eigenvalue weighted by Gasteiger charge is 2.38. The summed E-state index contributed by atoms with van der Waals surface area (Å²) >= 11 is 0. The lowest BCUT2D eigenvalue weighted by Gasteiger charge is -2.35. The zero-order chi connectivity index (χ0) is 16.7. The molecule has 3 heterocycles. The van der Waals surface area contributed by atoms with Crippen molar-refractivity contribution in [2.24, 2.45) is 0 Å². The Labute approximate surface area is 142 Å². The Bertz CT molecular complexity index is 631. The number of likely N-dealkylation sites (N-methyl/N-ethyl adjacent to an activating group) is 1. The van der Waals surface area contributed by atoms with Crippen molar-refractivity contribution < 1.29 is 9.59 Å². The highest BCUT2D eigenvalue weighted by molar-refractivity contribution is 5.96. The number of rotatable bonds is 3. The van der Waals surface area contributed by atoms with Crippen molar-refractivity contribution in [1.82, 2.24) is 24.9 Å². The fourth-order valence-corrected chi connectivity index (χ4v) is 3.70. The topological polar surface area (TPSA) is 72.5 Å². The van der Waals surface area contributed by atoms with Crippen LogP contribution in [0.15, 0.2) is 6.07 Å². The number of nitrogens with zero attached hydrogens (tertiary/aromatic N) is 4. The van der Waals surface area contributed by atoms with Gasteiger partial charge in [0.15, 0.2) is 0 Å². The Balaban J connectivity index is 1.45. The molecule has 1 aliphatic carbocycles. The van der Waals surface area contributed by atoms with Crippen molar-refractivity contribution in [1.29, 1.82) is 0 Å². The molecule has 1 atom stereocenters. The first-order valence-corrected chi connectivity index (χ1v) is 8.97. The van der Waals surface area contributed by atoms with E-state index in [1.165, 1.54) is 12.8 Å². The number of piperazine rings is 1. The number of carbonyl (C=O) groups is 2. The molecule has 4 rings (SSSR count). The van der Waals surface area contributed by atoms with Gasteiger partial charge in [-0.2, -0.15) is 5.10 Å². The first-order chi connectivity index (χ1) is 11.6. The second-order valence-corrected chi connectivity index (χ2v) is 7.27. The standard InChI is InChI=1S/C17H25N5O2/c1-20-7-9-21(10-8-20)17(24)15-3-2-6-22(15)16(23)14-11-13(18-19-14)12-4-5-12/h11-12,15H,2-10H2,1H3,(H,18,19). The van der Waals surface area contributed by atoms with Crippen LogP contribution in [0.5, 0.6) is 0 Å². The molecule has 2 amide bonds. The van der Waals surface area contributed by atoms with Crippen LogP contribution >= 0.6 is 0 Å². The van der Waals surface area contributed by atoms with Crippen molar-refractivity contribution in [2.75, 3.05) is 39.8 Å². The van der Waals surface area contributed by atoms with Gasteiger partial charge in [0.05, 0.1) is 0 Å². The molecule has 3 aliphatic rings. The molecule has 7 heteroatoms. The molecule has 1 aromatic heterocycles. The summed E-state index contributed by atoms with van der Waals surface area (Å²) in [5, 5.41) is 7.18. The minimum absolute atomic E-state index is 0.104. The predicted octanol–water partition coefficient (Wildman–Crippen LogP) is 0.666. The molecule has 130 valence electrons. The van der Waals surface area contributed by atoms with Crippen molar-refractivity contribution >= 4 is 11.8 Å². The number of hydrogen-bond acceptors (Lipinski definition) is 4. The fourth-order valence-electron chi connectivity index (χ4n) is 3.70. The zero-order valence-electron chi connectivity index (χ0n) is 14.2. The van der Waals surface area contributed by atoms with E-state index in [4.69, 9.17) is 0 Å². The van der Waals surface area contributed by atoms with Gasteiger partial charge in [-0.05, 0) is 38.8 Å². The van der Waals surface area contributed by atoms with E-state index >= 15 is 0 Å². The largest absolute Gasteiger partial charge is 0.338 e. The summed E-state index contributed by atoms with van der Waals surface area (Å²) in [6.07, 6.45) is 3.99. The minimum Gasteiger partial charge on any atom is -0.338 e. The third-order valence-corrected chi connectivity index (χ3v) is 5.45. The number of H-pyrrole nitrogens is 1. The van der Waals surface area contributed by atoms with Crippen LogP contribution in [0.1, 0.15) is 47.8 Å². The molecule has 1 N–H and O–H groups in total. The number of carbonyl (C=O) groups excluding carboxylic acids is 2. The highest BCUT2D eigenvalue weighted by atomic mass is 16.2. The van der Waals surface area contributed by atoms with Crippen LogP contribution in [0.25, 0.3) is 0 Å². The number of nitrogens with one attached hydrogen (secondary N) is 1. The van der Waals surface area contributed by atoms with Gasteiger partial charge >= 0.3 is 0 Å². The van der Waals surface area contributed by atoms with Crippen LogP contribution in [-0.2, 0) is 4.79 Å².